The summed E-state index contributed by atoms with van der Waals surface area (Å²) in [6.07, 6.45) is 54.2. The van der Waals surface area contributed by atoms with E-state index in [0.29, 0.717) is 19.3 Å². The standard InChI is InChI=1S/C51H91NO5/c1-4-7-10-13-16-19-22-24-26-28-30-33-36-39-42-47(57-51(56)44-41-38-35-32-27-21-18-15-12-9-6-3)45-50(55)52-48(46-53)49(54)43-40-37-34-31-29-25-23-20-17-14-11-8-5-2/h7,10,15-16,18-19,24,26,30,33,47-49,53-54H,4-6,8-9,11-14,17,20-23,25,27-29,31-32,34-46H2,1-3H3,(H,52,55)/b10-7+,18-15-,19-16+,26-24+,33-30+. The van der Waals surface area contributed by atoms with E-state index >= 15 is 0 Å². The minimum absolute atomic E-state index is 0.0354. The van der Waals surface area contributed by atoms with Crippen LogP contribution in [0.3, 0.4) is 0 Å². The summed E-state index contributed by atoms with van der Waals surface area (Å²) >= 11 is 0. The molecule has 0 saturated heterocycles. The van der Waals surface area contributed by atoms with Gasteiger partial charge in [-0.25, -0.2) is 0 Å². The van der Waals surface area contributed by atoms with Gasteiger partial charge in [0.2, 0.25) is 5.91 Å². The normalized spacial score (nSPS) is 13.8. The van der Waals surface area contributed by atoms with Gasteiger partial charge in [-0.15, -0.1) is 0 Å². The van der Waals surface area contributed by atoms with Gasteiger partial charge in [-0.1, -0.05) is 197 Å². The number of aliphatic hydroxyl groups is 2. The van der Waals surface area contributed by atoms with Crippen LogP contribution in [0.25, 0.3) is 0 Å². The van der Waals surface area contributed by atoms with Crippen molar-refractivity contribution in [3.63, 3.8) is 0 Å². The van der Waals surface area contributed by atoms with Gasteiger partial charge in [0.15, 0.2) is 0 Å². The zero-order valence-corrected chi connectivity index (χ0v) is 37.5. The fourth-order valence-electron chi connectivity index (χ4n) is 6.94. The molecule has 6 heteroatoms. The van der Waals surface area contributed by atoms with Crippen LogP contribution >= 0.6 is 0 Å². The molecule has 0 radical (unpaired) electrons. The molecule has 330 valence electrons. The third kappa shape index (κ3) is 40.1. The van der Waals surface area contributed by atoms with E-state index in [4.69, 9.17) is 4.74 Å². The summed E-state index contributed by atoms with van der Waals surface area (Å²) < 4.78 is 5.88. The second-order valence-corrected chi connectivity index (χ2v) is 16.1. The molecule has 0 spiro atoms. The van der Waals surface area contributed by atoms with Crippen LogP contribution in [0.1, 0.15) is 226 Å². The first-order valence-electron chi connectivity index (χ1n) is 24.0. The van der Waals surface area contributed by atoms with Crippen molar-refractivity contribution in [3.8, 4) is 0 Å². The molecule has 0 saturated carbocycles. The van der Waals surface area contributed by atoms with Gasteiger partial charge in [-0.2, -0.15) is 0 Å². The van der Waals surface area contributed by atoms with E-state index < -0.39 is 18.2 Å². The summed E-state index contributed by atoms with van der Waals surface area (Å²) in [6, 6.07) is -0.720. The molecule has 0 fully saturated rings. The number of allylic oxidation sites excluding steroid dienone is 10. The SMILES string of the molecule is CC/C=C/C/C=C/C/C=C/C/C=C/CCCC(CC(=O)NC(CO)C(O)CCCCCCCCCCCCCCC)OC(=O)CCCCCCC/C=C\CCCC. The van der Waals surface area contributed by atoms with E-state index in [1.54, 1.807) is 0 Å². The van der Waals surface area contributed by atoms with Crippen molar-refractivity contribution in [2.75, 3.05) is 6.61 Å². The molecule has 6 nitrogen and oxygen atoms in total. The van der Waals surface area contributed by atoms with Gasteiger partial charge in [0.1, 0.15) is 6.10 Å². The summed E-state index contributed by atoms with van der Waals surface area (Å²) in [5, 5.41) is 23.7. The maximum atomic E-state index is 13.1. The summed E-state index contributed by atoms with van der Waals surface area (Å²) in [4.78, 5) is 26.0. The molecule has 3 unspecified atom stereocenters. The second kappa shape index (κ2) is 44.7. The first-order valence-corrected chi connectivity index (χ1v) is 24.0. The van der Waals surface area contributed by atoms with Crippen molar-refractivity contribution in [2.45, 2.75) is 244 Å². The van der Waals surface area contributed by atoms with Crippen LogP contribution in [0.2, 0.25) is 0 Å². The average Bonchev–Trinajstić information content (AvgIpc) is 3.20. The Morgan fingerprint density at radius 2 is 0.982 bits per heavy atom. The number of hydrogen-bond donors (Lipinski definition) is 3. The largest absolute Gasteiger partial charge is 0.462 e. The van der Waals surface area contributed by atoms with Gasteiger partial charge < -0.3 is 20.3 Å². The molecule has 0 aromatic carbocycles. The molecule has 0 heterocycles. The second-order valence-electron chi connectivity index (χ2n) is 16.1. The van der Waals surface area contributed by atoms with E-state index in [-0.39, 0.29) is 24.9 Å². The lowest BCUT2D eigenvalue weighted by atomic mass is 10.0. The van der Waals surface area contributed by atoms with E-state index in [0.717, 1.165) is 83.5 Å². The Balaban J connectivity index is 4.68. The predicted octanol–water partition coefficient (Wildman–Crippen LogP) is 14.1. The van der Waals surface area contributed by atoms with Crippen LogP contribution in [-0.2, 0) is 14.3 Å². The highest BCUT2D eigenvalue weighted by Crippen LogP contribution is 2.17. The Labute approximate surface area is 352 Å². The third-order valence-electron chi connectivity index (χ3n) is 10.6. The van der Waals surface area contributed by atoms with Gasteiger partial charge in [0.05, 0.1) is 25.2 Å². The molecule has 57 heavy (non-hydrogen) atoms. The lowest BCUT2D eigenvalue weighted by Gasteiger charge is -2.24. The highest BCUT2D eigenvalue weighted by atomic mass is 16.5. The molecule has 0 rings (SSSR count). The van der Waals surface area contributed by atoms with Gasteiger partial charge >= 0.3 is 5.97 Å². The fourth-order valence-corrected chi connectivity index (χ4v) is 6.94. The van der Waals surface area contributed by atoms with Crippen LogP contribution in [0.15, 0.2) is 60.8 Å². The molecule has 0 aromatic heterocycles. The first-order chi connectivity index (χ1) is 28.0. The van der Waals surface area contributed by atoms with E-state index in [1.165, 1.54) is 96.3 Å². The summed E-state index contributed by atoms with van der Waals surface area (Å²) in [5.74, 6) is -0.542. The third-order valence-corrected chi connectivity index (χ3v) is 10.6. The number of hydrogen-bond acceptors (Lipinski definition) is 5. The molecule has 0 bridgehead atoms. The zero-order valence-electron chi connectivity index (χ0n) is 37.5. The maximum absolute atomic E-state index is 13.1. The topological polar surface area (TPSA) is 95.9 Å². The lowest BCUT2D eigenvalue weighted by molar-refractivity contribution is -0.151. The van der Waals surface area contributed by atoms with E-state index in [9.17, 15) is 19.8 Å². The van der Waals surface area contributed by atoms with E-state index in [2.05, 4.69) is 86.8 Å². The number of carbonyl (C=O) groups excluding carboxylic acids is 2. The number of esters is 1. The van der Waals surface area contributed by atoms with Crippen LogP contribution in [0.5, 0.6) is 0 Å². The minimum atomic E-state index is -0.803. The van der Waals surface area contributed by atoms with Crippen LogP contribution in [0.4, 0.5) is 0 Å². The Hall–Kier alpha value is -2.44. The number of carbonyl (C=O) groups is 2. The van der Waals surface area contributed by atoms with Crippen molar-refractivity contribution < 1.29 is 24.5 Å². The van der Waals surface area contributed by atoms with Crippen LogP contribution in [0, 0.1) is 0 Å². The van der Waals surface area contributed by atoms with Crippen molar-refractivity contribution in [1.82, 2.24) is 5.32 Å². The smallest absolute Gasteiger partial charge is 0.306 e. The van der Waals surface area contributed by atoms with Crippen molar-refractivity contribution in [1.29, 1.82) is 0 Å². The van der Waals surface area contributed by atoms with E-state index in [1.807, 2.05) is 0 Å². The molecule has 1 amide bonds. The molecule has 0 aliphatic carbocycles. The summed E-state index contributed by atoms with van der Waals surface area (Å²) in [6.45, 7) is 6.30. The van der Waals surface area contributed by atoms with Crippen molar-refractivity contribution >= 4 is 11.9 Å². The lowest BCUT2D eigenvalue weighted by Crippen LogP contribution is -2.46. The summed E-state index contributed by atoms with van der Waals surface area (Å²) in [5.41, 5.74) is 0. The average molecular weight is 798 g/mol. The summed E-state index contributed by atoms with van der Waals surface area (Å²) in [7, 11) is 0. The number of unbranched alkanes of at least 4 members (excludes halogenated alkanes) is 20. The van der Waals surface area contributed by atoms with Gasteiger partial charge in [-0.3, -0.25) is 9.59 Å². The quantitative estimate of drug-likeness (QED) is 0.0325. The van der Waals surface area contributed by atoms with Crippen LogP contribution < -0.4 is 5.32 Å². The molecule has 0 aromatic rings. The highest BCUT2D eigenvalue weighted by molar-refractivity contribution is 5.77. The highest BCUT2D eigenvalue weighted by Gasteiger charge is 2.24. The fraction of sp³-hybridized carbons (Fsp3) is 0.765. The first kappa shape index (κ1) is 54.6. The molecule has 3 atom stereocenters. The van der Waals surface area contributed by atoms with Crippen molar-refractivity contribution in [3.05, 3.63) is 60.8 Å². The van der Waals surface area contributed by atoms with Gasteiger partial charge in [0, 0.05) is 6.42 Å². The Morgan fingerprint density at radius 3 is 1.54 bits per heavy atom. The molecule has 0 aliphatic rings. The monoisotopic (exact) mass is 798 g/mol. The number of rotatable bonds is 42. The predicted molar refractivity (Wildman–Crippen MR) is 245 cm³/mol. The number of ether oxygens (including phenoxy) is 1. The molecular formula is C51H91NO5. The number of aliphatic hydroxyl groups excluding tert-OH is 2. The maximum Gasteiger partial charge on any atom is 0.306 e. The molecule has 0 aliphatic heterocycles. The molecule has 3 N–H and O–H groups in total. The van der Waals surface area contributed by atoms with Crippen LogP contribution in [-0.4, -0.2) is 46.9 Å². The zero-order chi connectivity index (χ0) is 41.7. The number of amides is 1. The Kier molecular flexibility index (Phi) is 42.7. The number of nitrogens with one attached hydrogen (secondary N) is 1. The molecular weight excluding hydrogens is 707 g/mol. The minimum Gasteiger partial charge on any atom is -0.462 e. The van der Waals surface area contributed by atoms with Crippen molar-refractivity contribution in [2.24, 2.45) is 0 Å². The van der Waals surface area contributed by atoms with Gasteiger partial charge in [-0.05, 0) is 77.0 Å². The van der Waals surface area contributed by atoms with Gasteiger partial charge in [0.25, 0.3) is 0 Å². The Morgan fingerprint density at radius 1 is 0.526 bits per heavy atom. The Bertz CT molecular complexity index is 1030.